The van der Waals surface area contributed by atoms with Crippen LogP contribution in [0.25, 0.3) is 5.57 Å². The zero-order valence-electron chi connectivity index (χ0n) is 17.8. The first-order valence-corrected chi connectivity index (χ1v) is 13.1. The second-order valence-electron chi connectivity index (χ2n) is 7.69. The van der Waals surface area contributed by atoms with Crippen molar-refractivity contribution in [2.24, 2.45) is 0 Å². The summed E-state index contributed by atoms with van der Waals surface area (Å²) in [7, 11) is -3.81. The first kappa shape index (κ1) is 23.4. The Morgan fingerprint density at radius 3 is 1.70 bits per heavy atom. The minimum atomic E-state index is -3.81. The molecule has 1 unspecified atom stereocenters. The molecule has 0 fully saturated rings. The Morgan fingerprint density at radius 2 is 1.21 bits per heavy atom. The molecule has 1 atom stereocenters. The second-order valence-corrected chi connectivity index (χ2v) is 11.2. The number of aliphatic hydroxyl groups excluding tert-OH is 1. The molecular weight excluding hydrogens is 498 g/mol. The molecule has 0 aliphatic heterocycles. The van der Waals surface area contributed by atoms with Crippen LogP contribution in [0, 0.1) is 0 Å². The van der Waals surface area contributed by atoms with E-state index in [0.29, 0.717) is 21.7 Å². The van der Waals surface area contributed by atoms with Gasteiger partial charge in [-0.05, 0) is 23.3 Å². The van der Waals surface area contributed by atoms with E-state index in [-0.39, 0.29) is 12.0 Å². The standard InChI is InChI=1S/C28H23BrFO2P/c29-23-18-16-21(17-19-23)26(20-27(31)22-10-4-1-5-11-22)28(30)33(32,24-12-6-2-7-13-24)25-14-8-3-9-15-25/h1-19,27,31H,20H2/b28-26-. The minimum Gasteiger partial charge on any atom is -0.388 e. The predicted octanol–water partition coefficient (Wildman–Crippen LogP) is 7.23. The second kappa shape index (κ2) is 10.4. The van der Waals surface area contributed by atoms with Gasteiger partial charge in [0.2, 0.25) is 0 Å². The maximum absolute atomic E-state index is 16.6. The van der Waals surface area contributed by atoms with Crippen LogP contribution in [0.5, 0.6) is 0 Å². The first-order valence-electron chi connectivity index (χ1n) is 10.6. The van der Waals surface area contributed by atoms with Gasteiger partial charge in [-0.2, -0.15) is 0 Å². The van der Waals surface area contributed by atoms with Crippen molar-refractivity contribution < 1.29 is 14.1 Å². The third kappa shape index (κ3) is 5.09. The lowest BCUT2D eigenvalue weighted by Gasteiger charge is -2.22. The third-order valence-corrected chi connectivity index (χ3v) is 8.94. The summed E-state index contributed by atoms with van der Waals surface area (Å²) >= 11 is 3.42. The quantitative estimate of drug-likeness (QED) is 0.261. The van der Waals surface area contributed by atoms with Gasteiger partial charge in [0, 0.05) is 27.1 Å². The summed E-state index contributed by atoms with van der Waals surface area (Å²) in [5, 5.41) is 11.8. The van der Waals surface area contributed by atoms with Crippen molar-refractivity contribution >= 4 is 39.3 Å². The molecule has 4 aromatic rings. The van der Waals surface area contributed by atoms with Crippen molar-refractivity contribution in [2.45, 2.75) is 12.5 Å². The van der Waals surface area contributed by atoms with Crippen LogP contribution in [-0.4, -0.2) is 5.11 Å². The number of hydrogen-bond acceptors (Lipinski definition) is 2. The lowest BCUT2D eigenvalue weighted by atomic mass is 9.97. The number of benzene rings is 4. The Bertz CT molecular complexity index is 1230. The Balaban J connectivity index is 1.93. The molecule has 0 amide bonds. The normalized spacial score (nSPS) is 13.3. The van der Waals surface area contributed by atoms with Gasteiger partial charge in [0.05, 0.1) is 6.10 Å². The van der Waals surface area contributed by atoms with Crippen molar-refractivity contribution in [3.8, 4) is 0 Å². The summed E-state index contributed by atoms with van der Waals surface area (Å²) in [6, 6.07) is 33.7. The summed E-state index contributed by atoms with van der Waals surface area (Å²) in [6.45, 7) is 0. The summed E-state index contributed by atoms with van der Waals surface area (Å²) in [6.07, 6.45) is -0.961. The van der Waals surface area contributed by atoms with E-state index < -0.39 is 18.8 Å². The lowest BCUT2D eigenvalue weighted by Crippen LogP contribution is -2.17. The van der Waals surface area contributed by atoms with Crippen molar-refractivity contribution in [3.05, 3.63) is 136 Å². The highest BCUT2D eigenvalue weighted by Gasteiger charge is 2.35. The predicted molar refractivity (Wildman–Crippen MR) is 138 cm³/mol. The Kier molecular flexibility index (Phi) is 7.39. The average Bonchev–Trinajstić information content (AvgIpc) is 2.88. The number of aliphatic hydroxyl groups is 1. The summed E-state index contributed by atoms with van der Waals surface area (Å²) < 4.78 is 32.1. The molecule has 0 radical (unpaired) electrons. The molecule has 1 N–H and O–H groups in total. The fraction of sp³-hybridized carbons (Fsp3) is 0.0714. The van der Waals surface area contributed by atoms with Gasteiger partial charge in [0.25, 0.3) is 0 Å². The minimum absolute atomic E-state index is 0.0128. The van der Waals surface area contributed by atoms with Crippen molar-refractivity contribution in [3.63, 3.8) is 0 Å². The van der Waals surface area contributed by atoms with Crippen LogP contribution in [0.15, 0.2) is 125 Å². The van der Waals surface area contributed by atoms with Gasteiger partial charge in [-0.15, -0.1) is 0 Å². The maximum Gasteiger partial charge on any atom is 0.198 e. The largest absolute Gasteiger partial charge is 0.388 e. The lowest BCUT2D eigenvalue weighted by molar-refractivity contribution is 0.183. The number of hydrogen-bond donors (Lipinski definition) is 1. The van der Waals surface area contributed by atoms with E-state index in [1.807, 2.05) is 42.5 Å². The van der Waals surface area contributed by atoms with Gasteiger partial charge in [-0.25, -0.2) is 4.39 Å². The number of rotatable bonds is 7. The fourth-order valence-electron chi connectivity index (χ4n) is 3.80. The van der Waals surface area contributed by atoms with Crippen molar-refractivity contribution in [1.29, 1.82) is 0 Å². The van der Waals surface area contributed by atoms with Crippen LogP contribution < -0.4 is 10.6 Å². The van der Waals surface area contributed by atoms with Crippen LogP contribution in [0.1, 0.15) is 23.7 Å². The molecule has 0 saturated carbocycles. The molecule has 2 nitrogen and oxygen atoms in total. The maximum atomic E-state index is 16.6. The SMILES string of the molecule is O=P(/C(F)=C(/CC(O)c1ccccc1)c1ccc(Br)cc1)(c1ccccc1)c1ccccc1. The molecule has 0 bridgehead atoms. The van der Waals surface area contributed by atoms with E-state index in [2.05, 4.69) is 15.9 Å². The molecular formula is C28H23BrFO2P. The van der Waals surface area contributed by atoms with E-state index >= 15 is 4.39 Å². The molecule has 5 heteroatoms. The number of halogens is 2. The first-order chi connectivity index (χ1) is 16.0. The van der Waals surface area contributed by atoms with E-state index in [9.17, 15) is 9.67 Å². The summed E-state index contributed by atoms with van der Waals surface area (Å²) in [4.78, 5) is 0. The molecule has 0 aliphatic carbocycles. The molecule has 0 saturated heterocycles. The zero-order chi connectivity index (χ0) is 23.3. The van der Waals surface area contributed by atoms with E-state index in [0.717, 1.165) is 4.47 Å². The van der Waals surface area contributed by atoms with Crippen molar-refractivity contribution in [2.75, 3.05) is 0 Å². The Morgan fingerprint density at radius 1 is 0.758 bits per heavy atom. The van der Waals surface area contributed by atoms with Gasteiger partial charge in [0.15, 0.2) is 12.7 Å². The Hall–Kier alpha value is -2.78. The average molecular weight is 521 g/mol. The van der Waals surface area contributed by atoms with Gasteiger partial charge >= 0.3 is 0 Å². The van der Waals surface area contributed by atoms with Gasteiger partial charge < -0.3 is 9.67 Å². The highest BCUT2D eigenvalue weighted by atomic mass is 79.9. The highest BCUT2D eigenvalue weighted by Crippen LogP contribution is 2.56. The smallest absolute Gasteiger partial charge is 0.198 e. The van der Waals surface area contributed by atoms with Crippen LogP contribution >= 0.6 is 23.1 Å². The van der Waals surface area contributed by atoms with Crippen LogP contribution in [0.4, 0.5) is 4.39 Å². The van der Waals surface area contributed by atoms with E-state index in [4.69, 9.17) is 0 Å². The fourth-order valence-corrected chi connectivity index (χ4v) is 6.60. The van der Waals surface area contributed by atoms with Crippen LogP contribution in [-0.2, 0) is 4.57 Å². The van der Waals surface area contributed by atoms with Gasteiger partial charge in [-0.3, -0.25) is 0 Å². The van der Waals surface area contributed by atoms with Crippen molar-refractivity contribution in [1.82, 2.24) is 0 Å². The van der Waals surface area contributed by atoms with Crippen LogP contribution in [0.3, 0.4) is 0 Å². The molecule has 166 valence electrons. The molecule has 4 rings (SSSR count). The molecule has 0 heterocycles. The van der Waals surface area contributed by atoms with E-state index in [1.54, 1.807) is 72.8 Å². The summed E-state index contributed by atoms with van der Waals surface area (Å²) in [5.41, 5.74) is 0.777. The van der Waals surface area contributed by atoms with Gasteiger partial charge in [0.1, 0.15) is 0 Å². The molecule has 0 aliphatic rings. The highest BCUT2D eigenvalue weighted by molar-refractivity contribution is 9.10. The molecule has 0 aromatic heterocycles. The topological polar surface area (TPSA) is 37.3 Å². The molecule has 4 aromatic carbocycles. The zero-order valence-corrected chi connectivity index (χ0v) is 20.3. The Labute approximate surface area is 201 Å². The molecule has 33 heavy (non-hydrogen) atoms. The van der Waals surface area contributed by atoms with Crippen LogP contribution in [0.2, 0.25) is 0 Å². The van der Waals surface area contributed by atoms with E-state index in [1.165, 1.54) is 0 Å². The molecule has 0 spiro atoms. The summed E-state index contributed by atoms with van der Waals surface area (Å²) in [5.74, 6) is 0. The monoisotopic (exact) mass is 520 g/mol. The third-order valence-electron chi connectivity index (χ3n) is 5.54. The van der Waals surface area contributed by atoms with Gasteiger partial charge in [-0.1, -0.05) is 119 Å².